The average molecular weight is 205 g/mol. The molecule has 12 heavy (non-hydrogen) atoms. The summed E-state index contributed by atoms with van der Waals surface area (Å²) in [4.78, 5) is 0. The summed E-state index contributed by atoms with van der Waals surface area (Å²) in [5, 5.41) is 0. The lowest BCUT2D eigenvalue weighted by Gasteiger charge is -2.29. The van der Waals surface area contributed by atoms with Gasteiger partial charge in [-0.15, -0.1) is 11.6 Å². The second kappa shape index (κ2) is 4.66. The van der Waals surface area contributed by atoms with Crippen molar-refractivity contribution in [1.82, 2.24) is 0 Å². The van der Waals surface area contributed by atoms with Gasteiger partial charge in [-0.25, -0.2) is 0 Å². The van der Waals surface area contributed by atoms with Crippen molar-refractivity contribution in [2.24, 2.45) is 0 Å². The van der Waals surface area contributed by atoms with Crippen LogP contribution in [0, 0.1) is 0 Å². The highest BCUT2D eigenvalue weighted by molar-refractivity contribution is 6.78. The Kier molecular flexibility index (Phi) is 4.11. The van der Waals surface area contributed by atoms with Gasteiger partial charge in [0.25, 0.3) is 0 Å². The SMILES string of the molecule is C[Si](C)(CCCCl)C1CCCC1. The monoisotopic (exact) mass is 204 g/mol. The molecule has 0 aliphatic heterocycles. The van der Waals surface area contributed by atoms with Crippen molar-refractivity contribution < 1.29 is 0 Å². The summed E-state index contributed by atoms with van der Waals surface area (Å²) in [6.07, 6.45) is 7.25. The van der Waals surface area contributed by atoms with Crippen LogP contribution >= 0.6 is 11.6 Å². The summed E-state index contributed by atoms with van der Waals surface area (Å²) >= 11 is 5.74. The quantitative estimate of drug-likeness (QED) is 0.474. The molecule has 0 aromatic carbocycles. The Bertz CT molecular complexity index is 128. The fraction of sp³-hybridized carbons (Fsp3) is 1.00. The zero-order valence-electron chi connectivity index (χ0n) is 8.41. The van der Waals surface area contributed by atoms with E-state index in [0.29, 0.717) is 0 Å². The van der Waals surface area contributed by atoms with Gasteiger partial charge in [0.15, 0.2) is 0 Å². The minimum atomic E-state index is -0.876. The zero-order chi connectivity index (χ0) is 9.03. The van der Waals surface area contributed by atoms with E-state index in [1.54, 1.807) is 0 Å². The number of rotatable bonds is 4. The van der Waals surface area contributed by atoms with Crippen molar-refractivity contribution in [3.05, 3.63) is 0 Å². The molecule has 0 aromatic rings. The van der Waals surface area contributed by atoms with E-state index in [4.69, 9.17) is 11.6 Å². The lowest BCUT2D eigenvalue weighted by Crippen LogP contribution is -2.30. The van der Waals surface area contributed by atoms with Crippen molar-refractivity contribution >= 4 is 19.7 Å². The Hall–Kier alpha value is 0.507. The fourth-order valence-electron chi connectivity index (χ4n) is 2.43. The third-order valence-electron chi connectivity index (χ3n) is 3.42. The van der Waals surface area contributed by atoms with Gasteiger partial charge in [0.05, 0.1) is 8.07 Å². The van der Waals surface area contributed by atoms with Crippen LogP contribution in [0.1, 0.15) is 32.1 Å². The van der Waals surface area contributed by atoms with Crippen molar-refractivity contribution in [2.45, 2.75) is 56.8 Å². The number of hydrogen-bond donors (Lipinski definition) is 0. The first kappa shape index (κ1) is 10.6. The van der Waals surface area contributed by atoms with E-state index < -0.39 is 8.07 Å². The molecule has 1 aliphatic rings. The van der Waals surface area contributed by atoms with Crippen LogP contribution in [0.2, 0.25) is 24.7 Å². The Labute approximate surface area is 82.7 Å². The first-order chi connectivity index (χ1) is 5.67. The molecule has 0 amide bonds. The molecule has 0 nitrogen and oxygen atoms in total. The highest BCUT2D eigenvalue weighted by Crippen LogP contribution is 2.40. The van der Waals surface area contributed by atoms with Crippen molar-refractivity contribution in [3.8, 4) is 0 Å². The van der Waals surface area contributed by atoms with Crippen LogP contribution in [0.15, 0.2) is 0 Å². The van der Waals surface area contributed by atoms with Gasteiger partial charge in [-0.05, 0) is 12.0 Å². The standard InChI is InChI=1S/C10H21ClSi/c1-12(2,9-5-8-11)10-6-3-4-7-10/h10H,3-9H2,1-2H3. The molecule has 0 spiro atoms. The summed E-state index contributed by atoms with van der Waals surface area (Å²) in [6, 6.07) is 1.45. The summed E-state index contributed by atoms with van der Waals surface area (Å²) in [5.74, 6) is 0.864. The van der Waals surface area contributed by atoms with E-state index in [-0.39, 0.29) is 0 Å². The largest absolute Gasteiger partial charge is 0.127 e. The van der Waals surface area contributed by atoms with Gasteiger partial charge < -0.3 is 0 Å². The molecule has 0 heterocycles. The third kappa shape index (κ3) is 2.77. The molecule has 0 N–H and O–H groups in total. The van der Waals surface area contributed by atoms with Gasteiger partial charge >= 0.3 is 0 Å². The molecule has 72 valence electrons. The van der Waals surface area contributed by atoms with Gasteiger partial charge in [-0.1, -0.05) is 44.8 Å². The van der Waals surface area contributed by atoms with Gasteiger partial charge in [0.2, 0.25) is 0 Å². The van der Waals surface area contributed by atoms with Gasteiger partial charge in [0, 0.05) is 5.88 Å². The van der Waals surface area contributed by atoms with E-state index in [9.17, 15) is 0 Å². The molecule has 1 aliphatic carbocycles. The Balaban J connectivity index is 2.34. The lowest BCUT2D eigenvalue weighted by atomic mass is 10.4. The Morgan fingerprint density at radius 1 is 1.25 bits per heavy atom. The fourth-order valence-corrected chi connectivity index (χ4v) is 6.26. The molecule has 0 atom stereocenters. The lowest BCUT2D eigenvalue weighted by molar-refractivity contribution is 0.819. The highest BCUT2D eigenvalue weighted by atomic mass is 35.5. The van der Waals surface area contributed by atoms with E-state index in [0.717, 1.165) is 11.4 Å². The van der Waals surface area contributed by atoms with Crippen LogP contribution in [0.5, 0.6) is 0 Å². The van der Waals surface area contributed by atoms with Crippen molar-refractivity contribution in [1.29, 1.82) is 0 Å². The van der Waals surface area contributed by atoms with Crippen LogP contribution in [0.3, 0.4) is 0 Å². The van der Waals surface area contributed by atoms with Gasteiger partial charge in [-0.2, -0.15) is 0 Å². The molecule has 1 rings (SSSR count). The number of alkyl halides is 1. The summed E-state index contributed by atoms with van der Waals surface area (Å²) in [7, 11) is -0.876. The van der Waals surface area contributed by atoms with Gasteiger partial charge in [0.1, 0.15) is 0 Å². The molecule has 0 radical (unpaired) electrons. The predicted octanol–water partition coefficient (Wildman–Crippen LogP) is 4.27. The van der Waals surface area contributed by atoms with E-state index >= 15 is 0 Å². The maximum Gasteiger partial charge on any atom is 0.0505 e. The second-order valence-electron chi connectivity index (χ2n) is 4.76. The second-order valence-corrected chi connectivity index (χ2v) is 10.4. The van der Waals surface area contributed by atoms with Crippen LogP contribution < -0.4 is 0 Å². The zero-order valence-corrected chi connectivity index (χ0v) is 10.2. The van der Waals surface area contributed by atoms with Crippen molar-refractivity contribution in [2.75, 3.05) is 5.88 Å². The minimum absolute atomic E-state index is 0.864. The first-order valence-corrected chi connectivity index (χ1v) is 9.04. The van der Waals surface area contributed by atoms with Crippen LogP contribution in [0.4, 0.5) is 0 Å². The van der Waals surface area contributed by atoms with Gasteiger partial charge in [-0.3, -0.25) is 0 Å². The normalized spacial score (nSPS) is 20.2. The molecule has 1 saturated carbocycles. The van der Waals surface area contributed by atoms with Crippen LogP contribution in [0.25, 0.3) is 0 Å². The Morgan fingerprint density at radius 2 is 1.83 bits per heavy atom. The molecule has 0 aromatic heterocycles. The van der Waals surface area contributed by atoms with E-state index in [1.165, 1.54) is 38.1 Å². The highest BCUT2D eigenvalue weighted by Gasteiger charge is 2.32. The summed E-state index contributed by atoms with van der Waals surface area (Å²) < 4.78 is 0. The minimum Gasteiger partial charge on any atom is -0.127 e. The third-order valence-corrected chi connectivity index (χ3v) is 8.11. The number of halogens is 1. The maximum absolute atomic E-state index is 5.74. The topological polar surface area (TPSA) is 0 Å². The summed E-state index contributed by atoms with van der Waals surface area (Å²) in [6.45, 7) is 5.10. The smallest absolute Gasteiger partial charge is 0.0505 e. The number of hydrogen-bond acceptors (Lipinski definition) is 0. The van der Waals surface area contributed by atoms with Crippen molar-refractivity contribution in [3.63, 3.8) is 0 Å². The van der Waals surface area contributed by atoms with Crippen LogP contribution in [-0.2, 0) is 0 Å². The maximum atomic E-state index is 5.74. The van der Waals surface area contributed by atoms with Crippen LogP contribution in [-0.4, -0.2) is 14.0 Å². The molecule has 1 fully saturated rings. The summed E-state index contributed by atoms with van der Waals surface area (Å²) in [5.41, 5.74) is 1.11. The van der Waals surface area contributed by atoms with E-state index in [1.807, 2.05) is 0 Å². The average Bonchev–Trinajstić information content (AvgIpc) is 2.53. The predicted molar refractivity (Wildman–Crippen MR) is 59.8 cm³/mol. The Morgan fingerprint density at radius 3 is 2.33 bits per heavy atom. The van der Waals surface area contributed by atoms with E-state index in [2.05, 4.69) is 13.1 Å². The molecule has 0 saturated heterocycles. The molecular weight excluding hydrogens is 184 g/mol. The molecular formula is C10H21ClSi. The molecule has 2 heteroatoms. The molecule has 0 unspecified atom stereocenters. The molecule has 0 bridgehead atoms. The first-order valence-electron chi connectivity index (χ1n) is 5.23.